The number of nitro groups is 1. The van der Waals surface area contributed by atoms with E-state index < -0.39 is 10.8 Å². The first kappa shape index (κ1) is 13.5. The van der Waals surface area contributed by atoms with Crippen LogP contribution in [0.15, 0.2) is 6.20 Å². The van der Waals surface area contributed by atoms with Gasteiger partial charge in [0.15, 0.2) is 0 Å². The van der Waals surface area contributed by atoms with Crippen LogP contribution in [0.4, 0.5) is 5.69 Å². The van der Waals surface area contributed by atoms with E-state index in [1.807, 2.05) is 0 Å². The first-order chi connectivity index (χ1) is 8.99. The molecule has 1 fully saturated rings. The number of carbonyl (C=O) groups is 1. The number of hydrogen-bond acceptors (Lipinski definition) is 4. The fourth-order valence-electron chi connectivity index (χ4n) is 2.54. The smallest absolute Gasteiger partial charge is 0.320 e. The van der Waals surface area contributed by atoms with Crippen molar-refractivity contribution in [2.75, 3.05) is 0 Å². The van der Waals surface area contributed by atoms with Crippen molar-refractivity contribution in [2.45, 2.75) is 38.6 Å². The molecule has 2 rings (SSSR count). The van der Waals surface area contributed by atoms with E-state index >= 15 is 0 Å². The topological polar surface area (TPSA) is 90.1 Å². The van der Waals surface area contributed by atoms with Crippen LogP contribution in [0.3, 0.4) is 0 Å². The Hall–Kier alpha value is -1.92. The van der Waals surface area contributed by atoms with Gasteiger partial charge in [-0.15, -0.1) is 0 Å². The van der Waals surface area contributed by atoms with Gasteiger partial charge in [-0.05, 0) is 18.8 Å². The lowest BCUT2D eigenvalue weighted by molar-refractivity contribution is -0.385. The molecule has 7 nitrogen and oxygen atoms in total. The molecule has 1 aliphatic rings. The molecule has 1 aliphatic carbocycles. The number of nitrogens with one attached hydrogen (secondary N) is 1. The summed E-state index contributed by atoms with van der Waals surface area (Å²) in [7, 11) is 1.56. The zero-order valence-electron chi connectivity index (χ0n) is 11.1. The Morgan fingerprint density at radius 1 is 1.53 bits per heavy atom. The van der Waals surface area contributed by atoms with Gasteiger partial charge in [0.05, 0.1) is 4.92 Å². The van der Waals surface area contributed by atoms with E-state index in [9.17, 15) is 14.9 Å². The zero-order chi connectivity index (χ0) is 14.0. The number of hydrogen-bond donors (Lipinski definition) is 1. The Morgan fingerprint density at radius 3 is 2.84 bits per heavy atom. The summed E-state index contributed by atoms with van der Waals surface area (Å²) < 4.78 is 1.29. The third-order valence-corrected chi connectivity index (χ3v) is 3.65. The van der Waals surface area contributed by atoms with Gasteiger partial charge in [0.25, 0.3) is 5.91 Å². The van der Waals surface area contributed by atoms with Crippen LogP contribution >= 0.6 is 0 Å². The largest absolute Gasteiger partial charge is 0.347 e. The van der Waals surface area contributed by atoms with Gasteiger partial charge in [0, 0.05) is 13.1 Å². The first-order valence-corrected chi connectivity index (χ1v) is 6.48. The highest BCUT2D eigenvalue weighted by atomic mass is 16.6. The number of carbonyl (C=O) groups excluding carboxylic acids is 1. The van der Waals surface area contributed by atoms with Gasteiger partial charge in [-0.3, -0.25) is 19.6 Å². The molecule has 2 unspecified atom stereocenters. The molecule has 2 atom stereocenters. The summed E-state index contributed by atoms with van der Waals surface area (Å²) in [5.41, 5.74) is -0.353. The van der Waals surface area contributed by atoms with Crippen molar-refractivity contribution in [3.05, 3.63) is 22.0 Å². The van der Waals surface area contributed by atoms with Crippen molar-refractivity contribution in [2.24, 2.45) is 13.0 Å². The van der Waals surface area contributed by atoms with Crippen LogP contribution < -0.4 is 5.32 Å². The molecule has 19 heavy (non-hydrogen) atoms. The molecule has 1 aromatic rings. The van der Waals surface area contributed by atoms with Gasteiger partial charge in [0.1, 0.15) is 6.20 Å². The second-order valence-corrected chi connectivity index (χ2v) is 5.14. The summed E-state index contributed by atoms with van der Waals surface area (Å²) in [4.78, 5) is 22.4. The highest BCUT2D eigenvalue weighted by molar-refractivity contribution is 5.96. The lowest BCUT2D eigenvalue weighted by atomic mass is 9.86. The maximum absolute atomic E-state index is 12.1. The lowest BCUT2D eigenvalue weighted by Gasteiger charge is -2.29. The molecular formula is C12H18N4O3. The SMILES string of the molecule is CC1CCCCC1NC(=O)c1nn(C)cc1[N+](=O)[O-]. The highest BCUT2D eigenvalue weighted by Crippen LogP contribution is 2.24. The number of aromatic nitrogens is 2. The predicted octanol–water partition coefficient (Wildman–Crippen LogP) is 1.64. The van der Waals surface area contributed by atoms with Gasteiger partial charge < -0.3 is 5.32 Å². The minimum absolute atomic E-state index is 0.0860. The fourth-order valence-corrected chi connectivity index (χ4v) is 2.54. The minimum atomic E-state index is -0.577. The second kappa shape index (κ2) is 5.38. The quantitative estimate of drug-likeness (QED) is 0.665. The Labute approximate surface area is 111 Å². The third kappa shape index (κ3) is 2.91. The first-order valence-electron chi connectivity index (χ1n) is 6.48. The average molecular weight is 266 g/mol. The van der Waals surface area contributed by atoms with E-state index in [2.05, 4.69) is 17.3 Å². The predicted molar refractivity (Wildman–Crippen MR) is 68.7 cm³/mol. The van der Waals surface area contributed by atoms with Crippen molar-refractivity contribution in [1.29, 1.82) is 0 Å². The van der Waals surface area contributed by atoms with E-state index in [1.165, 1.54) is 17.3 Å². The molecular weight excluding hydrogens is 248 g/mol. The van der Waals surface area contributed by atoms with E-state index in [0.717, 1.165) is 19.3 Å². The fraction of sp³-hybridized carbons (Fsp3) is 0.667. The Balaban J connectivity index is 2.13. The van der Waals surface area contributed by atoms with Crippen LogP contribution in [0.1, 0.15) is 43.1 Å². The molecule has 1 N–H and O–H groups in total. The molecule has 0 saturated heterocycles. The Bertz CT molecular complexity index is 497. The molecule has 104 valence electrons. The monoisotopic (exact) mass is 266 g/mol. The van der Waals surface area contributed by atoms with Crippen molar-refractivity contribution >= 4 is 11.6 Å². The molecule has 0 aromatic carbocycles. The van der Waals surface area contributed by atoms with Gasteiger partial charge in [-0.2, -0.15) is 5.10 Å². The highest BCUT2D eigenvalue weighted by Gasteiger charge is 2.29. The van der Waals surface area contributed by atoms with E-state index in [0.29, 0.717) is 5.92 Å². The summed E-state index contributed by atoms with van der Waals surface area (Å²) in [6, 6.07) is 0.0860. The average Bonchev–Trinajstić information content (AvgIpc) is 2.74. The molecule has 0 bridgehead atoms. The molecule has 1 saturated carbocycles. The van der Waals surface area contributed by atoms with Gasteiger partial charge in [0.2, 0.25) is 5.69 Å². The summed E-state index contributed by atoms with van der Waals surface area (Å²) in [6.07, 6.45) is 5.51. The van der Waals surface area contributed by atoms with Crippen LogP contribution in [0.5, 0.6) is 0 Å². The lowest BCUT2D eigenvalue weighted by Crippen LogP contribution is -2.41. The molecule has 1 amide bonds. The number of nitrogens with zero attached hydrogens (tertiary/aromatic N) is 3. The van der Waals surface area contributed by atoms with Crippen LogP contribution in [-0.2, 0) is 7.05 Å². The van der Waals surface area contributed by atoms with E-state index in [-0.39, 0.29) is 17.4 Å². The van der Waals surface area contributed by atoms with Crippen molar-refractivity contribution in [1.82, 2.24) is 15.1 Å². The molecule has 1 aromatic heterocycles. The summed E-state index contributed by atoms with van der Waals surface area (Å²) in [6.45, 7) is 2.09. The minimum Gasteiger partial charge on any atom is -0.347 e. The standard InChI is InChI=1S/C12H18N4O3/c1-8-5-3-4-6-9(8)13-12(17)11-10(16(18)19)7-15(2)14-11/h7-9H,3-6H2,1-2H3,(H,13,17). The van der Waals surface area contributed by atoms with Crippen LogP contribution in [0, 0.1) is 16.0 Å². The summed E-state index contributed by atoms with van der Waals surface area (Å²) in [5.74, 6) is -0.0495. The molecule has 0 spiro atoms. The number of amides is 1. The van der Waals surface area contributed by atoms with Gasteiger partial charge in [-0.1, -0.05) is 19.8 Å². The maximum atomic E-state index is 12.1. The van der Waals surface area contributed by atoms with Crippen molar-refractivity contribution in [3.63, 3.8) is 0 Å². The molecule has 7 heteroatoms. The van der Waals surface area contributed by atoms with Crippen LogP contribution in [0.25, 0.3) is 0 Å². The Morgan fingerprint density at radius 2 is 2.21 bits per heavy atom. The number of aryl methyl sites for hydroxylation is 1. The third-order valence-electron chi connectivity index (χ3n) is 3.65. The van der Waals surface area contributed by atoms with Gasteiger partial charge >= 0.3 is 5.69 Å². The van der Waals surface area contributed by atoms with E-state index in [1.54, 1.807) is 7.05 Å². The number of rotatable bonds is 3. The maximum Gasteiger partial charge on any atom is 0.320 e. The Kier molecular flexibility index (Phi) is 3.82. The normalized spacial score (nSPS) is 23.1. The molecule has 1 heterocycles. The van der Waals surface area contributed by atoms with Crippen molar-refractivity contribution < 1.29 is 9.72 Å². The van der Waals surface area contributed by atoms with Crippen LogP contribution in [0.2, 0.25) is 0 Å². The summed E-state index contributed by atoms with van der Waals surface area (Å²) >= 11 is 0. The van der Waals surface area contributed by atoms with Gasteiger partial charge in [-0.25, -0.2) is 0 Å². The summed E-state index contributed by atoms with van der Waals surface area (Å²) in [5, 5.41) is 17.6. The zero-order valence-corrected chi connectivity index (χ0v) is 11.1. The van der Waals surface area contributed by atoms with Crippen LogP contribution in [-0.4, -0.2) is 26.7 Å². The van der Waals surface area contributed by atoms with E-state index in [4.69, 9.17) is 0 Å². The molecule has 0 aliphatic heterocycles. The molecule has 0 radical (unpaired) electrons. The second-order valence-electron chi connectivity index (χ2n) is 5.14. The van der Waals surface area contributed by atoms with Crippen molar-refractivity contribution in [3.8, 4) is 0 Å².